The first kappa shape index (κ1) is 18.6. The predicted molar refractivity (Wildman–Crippen MR) is 105 cm³/mol. The van der Waals surface area contributed by atoms with E-state index >= 15 is 0 Å². The number of halogens is 1. The van der Waals surface area contributed by atoms with E-state index in [0.29, 0.717) is 27.3 Å². The van der Waals surface area contributed by atoms with Crippen molar-refractivity contribution in [3.05, 3.63) is 63.7 Å². The van der Waals surface area contributed by atoms with Gasteiger partial charge in [-0.1, -0.05) is 23.7 Å². The largest absolute Gasteiger partial charge is 0.326 e. The van der Waals surface area contributed by atoms with Crippen LogP contribution in [0.15, 0.2) is 47.5 Å². The lowest BCUT2D eigenvalue weighted by Gasteiger charge is -2.11. The molecule has 3 aromatic rings. The molecule has 2 aromatic carbocycles. The molecule has 0 atom stereocenters. The summed E-state index contributed by atoms with van der Waals surface area (Å²) >= 11 is 6.10. The van der Waals surface area contributed by atoms with E-state index in [4.69, 9.17) is 11.6 Å². The number of para-hydroxylation sites is 1. The number of aryl methyl sites for hydroxylation is 1. The predicted octanol–water partition coefficient (Wildman–Crippen LogP) is 2.96. The van der Waals surface area contributed by atoms with Gasteiger partial charge in [0.15, 0.2) is 0 Å². The quantitative estimate of drug-likeness (QED) is 0.723. The summed E-state index contributed by atoms with van der Waals surface area (Å²) in [6.07, 6.45) is 1.35. The van der Waals surface area contributed by atoms with Crippen LogP contribution in [-0.4, -0.2) is 21.4 Å². The van der Waals surface area contributed by atoms with Gasteiger partial charge in [0.25, 0.3) is 5.56 Å². The van der Waals surface area contributed by atoms with Crippen molar-refractivity contribution in [2.45, 2.75) is 20.4 Å². The van der Waals surface area contributed by atoms with Crippen molar-refractivity contribution in [3.63, 3.8) is 0 Å². The number of fused-ring (bicyclic) bond motifs is 1. The Bertz CT molecular complexity index is 1110. The minimum Gasteiger partial charge on any atom is -0.326 e. The van der Waals surface area contributed by atoms with E-state index in [1.807, 2.05) is 13.0 Å². The van der Waals surface area contributed by atoms with Crippen LogP contribution in [0.5, 0.6) is 0 Å². The number of carbonyl (C=O) groups excluding carboxylic acids is 2. The van der Waals surface area contributed by atoms with Crippen molar-refractivity contribution in [2.75, 3.05) is 10.6 Å². The number of benzene rings is 2. The zero-order valence-corrected chi connectivity index (χ0v) is 15.5. The molecule has 1 heterocycles. The molecule has 0 spiro atoms. The number of nitrogens with one attached hydrogen (secondary N) is 2. The van der Waals surface area contributed by atoms with Gasteiger partial charge in [-0.3, -0.25) is 19.0 Å². The van der Waals surface area contributed by atoms with Crippen LogP contribution in [0.1, 0.15) is 12.5 Å². The average molecular weight is 385 g/mol. The van der Waals surface area contributed by atoms with Crippen LogP contribution in [-0.2, 0) is 16.1 Å². The molecule has 0 aliphatic carbocycles. The van der Waals surface area contributed by atoms with Crippen LogP contribution in [0.3, 0.4) is 0 Å². The third-order valence-electron chi connectivity index (χ3n) is 3.93. The highest BCUT2D eigenvalue weighted by molar-refractivity contribution is 6.33. The van der Waals surface area contributed by atoms with E-state index in [0.717, 1.165) is 5.56 Å². The smallest absolute Gasteiger partial charge is 0.261 e. The van der Waals surface area contributed by atoms with Crippen LogP contribution in [0.4, 0.5) is 11.4 Å². The molecular weight excluding hydrogens is 368 g/mol. The first-order valence-electron chi connectivity index (χ1n) is 8.17. The lowest BCUT2D eigenvalue weighted by atomic mass is 10.1. The maximum atomic E-state index is 12.6. The molecule has 0 unspecified atom stereocenters. The zero-order chi connectivity index (χ0) is 19.6. The van der Waals surface area contributed by atoms with Gasteiger partial charge >= 0.3 is 0 Å². The molecule has 2 N–H and O–H groups in total. The second-order valence-electron chi connectivity index (χ2n) is 6.07. The third-order valence-corrected chi connectivity index (χ3v) is 4.26. The average Bonchev–Trinajstić information content (AvgIpc) is 2.60. The highest BCUT2D eigenvalue weighted by Crippen LogP contribution is 2.25. The Labute approximate surface area is 160 Å². The molecule has 0 aliphatic rings. The molecule has 1 aromatic heterocycles. The van der Waals surface area contributed by atoms with Crippen LogP contribution in [0.2, 0.25) is 5.02 Å². The SMILES string of the molecule is CC(=O)Nc1ccc(Cl)c(NC(=O)Cn2cnc3c(C)cccc3c2=O)c1. The lowest BCUT2D eigenvalue weighted by Crippen LogP contribution is -2.28. The standard InChI is InChI=1S/C19H17ClN4O3/c1-11-4-3-5-14-18(11)21-10-24(19(14)27)9-17(26)23-16-8-13(22-12(2)25)6-7-15(16)20/h3-8,10H,9H2,1-2H3,(H,22,25)(H,23,26). The number of aromatic nitrogens is 2. The molecule has 27 heavy (non-hydrogen) atoms. The topological polar surface area (TPSA) is 93.1 Å². The number of hydrogen-bond donors (Lipinski definition) is 2. The summed E-state index contributed by atoms with van der Waals surface area (Å²) in [6, 6.07) is 10.1. The monoisotopic (exact) mass is 384 g/mol. The Balaban J connectivity index is 1.82. The highest BCUT2D eigenvalue weighted by atomic mass is 35.5. The zero-order valence-electron chi connectivity index (χ0n) is 14.7. The number of rotatable bonds is 4. The molecular formula is C19H17ClN4O3. The Morgan fingerprint density at radius 1 is 1.19 bits per heavy atom. The fourth-order valence-electron chi connectivity index (χ4n) is 2.70. The molecule has 7 nitrogen and oxygen atoms in total. The molecule has 3 rings (SSSR count). The molecule has 138 valence electrons. The van der Waals surface area contributed by atoms with Crippen LogP contribution < -0.4 is 16.2 Å². The summed E-state index contributed by atoms with van der Waals surface area (Å²) in [5, 5.41) is 6.04. The van der Waals surface area contributed by atoms with E-state index in [2.05, 4.69) is 15.6 Å². The van der Waals surface area contributed by atoms with Gasteiger partial charge < -0.3 is 10.6 Å². The summed E-state index contributed by atoms with van der Waals surface area (Å²) in [7, 11) is 0. The minimum atomic E-state index is -0.437. The van der Waals surface area contributed by atoms with Gasteiger partial charge in [-0.2, -0.15) is 0 Å². The molecule has 0 fully saturated rings. The highest BCUT2D eigenvalue weighted by Gasteiger charge is 2.11. The Morgan fingerprint density at radius 2 is 1.96 bits per heavy atom. The van der Waals surface area contributed by atoms with E-state index in [1.165, 1.54) is 17.8 Å². The van der Waals surface area contributed by atoms with Crippen molar-refractivity contribution in [3.8, 4) is 0 Å². The van der Waals surface area contributed by atoms with Crippen molar-refractivity contribution in [1.82, 2.24) is 9.55 Å². The number of carbonyl (C=O) groups is 2. The summed E-state index contributed by atoms with van der Waals surface area (Å²) in [6.45, 7) is 3.04. The molecule has 0 saturated carbocycles. The lowest BCUT2D eigenvalue weighted by molar-refractivity contribution is -0.117. The molecule has 0 saturated heterocycles. The first-order valence-corrected chi connectivity index (χ1v) is 8.54. The summed E-state index contributed by atoms with van der Waals surface area (Å²) in [4.78, 5) is 40.4. The van der Waals surface area contributed by atoms with Crippen molar-refractivity contribution >= 4 is 45.7 Å². The van der Waals surface area contributed by atoms with E-state index in [9.17, 15) is 14.4 Å². The van der Waals surface area contributed by atoms with Crippen molar-refractivity contribution in [1.29, 1.82) is 0 Å². The molecule has 2 amide bonds. The van der Waals surface area contributed by atoms with Gasteiger partial charge in [-0.05, 0) is 36.8 Å². The van der Waals surface area contributed by atoms with Gasteiger partial charge in [-0.25, -0.2) is 4.98 Å². The third kappa shape index (κ3) is 4.15. The van der Waals surface area contributed by atoms with E-state index < -0.39 is 5.91 Å². The Kier molecular flexibility index (Phi) is 5.23. The van der Waals surface area contributed by atoms with Crippen LogP contribution in [0.25, 0.3) is 10.9 Å². The van der Waals surface area contributed by atoms with Gasteiger partial charge in [0.05, 0.1) is 27.9 Å². The fourth-order valence-corrected chi connectivity index (χ4v) is 2.86. The maximum absolute atomic E-state index is 12.6. The Morgan fingerprint density at radius 3 is 2.70 bits per heavy atom. The second-order valence-corrected chi connectivity index (χ2v) is 6.48. The van der Waals surface area contributed by atoms with Gasteiger partial charge in [0.2, 0.25) is 11.8 Å². The normalized spacial score (nSPS) is 10.6. The molecule has 0 radical (unpaired) electrons. The van der Waals surface area contributed by atoms with Crippen molar-refractivity contribution < 1.29 is 9.59 Å². The number of anilines is 2. The Hall–Kier alpha value is -3.19. The maximum Gasteiger partial charge on any atom is 0.261 e. The number of nitrogens with zero attached hydrogens (tertiary/aromatic N) is 2. The number of hydrogen-bond acceptors (Lipinski definition) is 4. The molecule has 0 aliphatic heterocycles. The minimum absolute atomic E-state index is 0.212. The van der Waals surface area contributed by atoms with Gasteiger partial charge in [0, 0.05) is 12.6 Å². The van der Waals surface area contributed by atoms with E-state index in [1.54, 1.807) is 30.3 Å². The summed E-state index contributed by atoms with van der Waals surface area (Å²) in [5.41, 5.74) is 2.05. The summed E-state index contributed by atoms with van der Waals surface area (Å²) in [5.74, 6) is -0.675. The number of amides is 2. The van der Waals surface area contributed by atoms with Gasteiger partial charge in [0.1, 0.15) is 6.54 Å². The second kappa shape index (κ2) is 7.59. The van der Waals surface area contributed by atoms with Gasteiger partial charge in [-0.15, -0.1) is 0 Å². The molecule has 8 heteroatoms. The summed E-state index contributed by atoms with van der Waals surface area (Å²) < 4.78 is 1.24. The van der Waals surface area contributed by atoms with Crippen LogP contribution >= 0.6 is 11.6 Å². The molecule has 0 bridgehead atoms. The van der Waals surface area contributed by atoms with E-state index in [-0.39, 0.29) is 18.0 Å². The van der Waals surface area contributed by atoms with Crippen LogP contribution in [0, 0.1) is 6.92 Å². The first-order chi connectivity index (χ1) is 12.8. The van der Waals surface area contributed by atoms with Crippen molar-refractivity contribution in [2.24, 2.45) is 0 Å². The fraction of sp³-hybridized carbons (Fsp3) is 0.158.